The summed E-state index contributed by atoms with van der Waals surface area (Å²) >= 11 is 0. The lowest BCUT2D eigenvalue weighted by molar-refractivity contribution is 0.102. The molecule has 0 saturated carbocycles. The summed E-state index contributed by atoms with van der Waals surface area (Å²) in [6, 6.07) is 15.3. The van der Waals surface area contributed by atoms with Crippen molar-refractivity contribution in [3.05, 3.63) is 60.2 Å². The Kier molecular flexibility index (Phi) is 5.02. The number of primary sulfonamides is 1. The predicted molar refractivity (Wildman–Crippen MR) is 103 cm³/mol. The fraction of sp³-hybridized carbons (Fsp3) is 0.105. The Hall–Kier alpha value is -3.10. The molecule has 1 amide bonds. The highest BCUT2D eigenvalue weighted by Gasteiger charge is 2.18. The van der Waals surface area contributed by atoms with Crippen LogP contribution in [0.2, 0.25) is 0 Å². The van der Waals surface area contributed by atoms with Crippen LogP contribution in [-0.2, 0) is 10.0 Å². The molecule has 8 heteroatoms. The molecule has 3 aromatic rings. The van der Waals surface area contributed by atoms with Gasteiger partial charge in [-0.3, -0.25) is 4.79 Å². The number of sulfonamides is 1. The van der Waals surface area contributed by atoms with E-state index in [9.17, 15) is 13.2 Å². The lowest BCUT2D eigenvalue weighted by Gasteiger charge is -2.13. The second-order valence-electron chi connectivity index (χ2n) is 5.76. The number of carbonyl (C=O) groups is 1. The van der Waals surface area contributed by atoms with Gasteiger partial charge >= 0.3 is 0 Å². The van der Waals surface area contributed by atoms with Gasteiger partial charge in [0, 0.05) is 5.69 Å². The first-order valence-electron chi connectivity index (χ1n) is 7.92. The van der Waals surface area contributed by atoms with Crippen molar-refractivity contribution in [1.82, 2.24) is 0 Å². The highest BCUT2D eigenvalue weighted by Crippen LogP contribution is 2.29. The molecular formula is C19H18N2O5S. The maximum absolute atomic E-state index is 12.7. The van der Waals surface area contributed by atoms with E-state index in [-0.39, 0.29) is 16.3 Å². The number of hydrogen-bond acceptors (Lipinski definition) is 5. The molecule has 0 aliphatic heterocycles. The van der Waals surface area contributed by atoms with Crippen LogP contribution >= 0.6 is 0 Å². The topological polar surface area (TPSA) is 108 Å². The summed E-state index contributed by atoms with van der Waals surface area (Å²) in [7, 11) is -1.20. The van der Waals surface area contributed by atoms with Crippen LogP contribution in [0.5, 0.6) is 11.5 Å². The number of fused-ring (bicyclic) bond motifs is 1. The Morgan fingerprint density at radius 1 is 0.926 bits per heavy atom. The third-order valence-electron chi connectivity index (χ3n) is 4.04. The Bertz CT molecular complexity index is 1130. The van der Waals surface area contributed by atoms with Crippen molar-refractivity contribution in [3.8, 4) is 11.5 Å². The predicted octanol–water partition coefficient (Wildman–Crippen LogP) is 2.76. The zero-order valence-electron chi connectivity index (χ0n) is 14.7. The number of ether oxygens (including phenoxy) is 2. The fourth-order valence-corrected chi connectivity index (χ4v) is 3.46. The summed E-state index contributed by atoms with van der Waals surface area (Å²) in [5, 5.41) is 9.69. The second kappa shape index (κ2) is 7.26. The van der Waals surface area contributed by atoms with Gasteiger partial charge in [0.1, 0.15) is 16.4 Å². The minimum Gasteiger partial charge on any atom is -0.496 e. The molecule has 7 nitrogen and oxygen atoms in total. The third kappa shape index (κ3) is 3.86. The molecule has 0 spiro atoms. The molecule has 3 aromatic carbocycles. The highest BCUT2D eigenvalue weighted by molar-refractivity contribution is 7.89. The van der Waals surface area contributed by atoms with Crippen molar-refractivity contribution in [3.63, 3.8) is 0 Å². The summed E-state index contributed by atoms with van der Waals surface area (Å²) in [5.41, 5.74) is 0.587. The maximum Gasteiger partial charge on any atom is 0.259 e. The van der Waals surface area contributed by atoms with E-state index < -0.39 is 15.9 Å². The zero-order chi connectivity index (χ0) is 19.6. The molecule has 3 N–H and O–H groups in total. The van der Waals surface area contributed by atoms with Crippen LogP contribution in [-0.4, -0.2) is 28.5 Å². The average molecular weight is 386 g/mol. The van der Waals surface area contributed by atoms with Gasteiger partial charge in [-0.25, -0.2) is 13.6 Å². The lowest BCUT2D eigenvalue weighted by atomic mass is 10.1. The molecule has 0 radical (unpaired) electrons. The van der Waals surface area contributed by atoms with Crippen LogP contribution in [0.1, 0.15) is 10.4 Å². The third-order valence-corrected chi connectivity index (χ3v) is 4.97. The second-order valence-corrected chi connectivity index (χ2v) is 7.29. The van der Waals surface area contributed by atoms with Gasteiger partial charge < -0.3 is 14.8 Å². The van der Waals surface area contributed by atoms with Crippen molar-refractivity contribution in [2.24, 2.45) is 5.14 Å². The number of carbonyl (C=O) groups excluding carboxylic acids is 1. The van der Waals surface area contributed by atoms with E-state index in [1.165, 1.54) is 32.4 Å². The van der Waals surface area contributed by atoms with Crippen LogP contribution in [0.4, 0.5) is 5.69 Å². The maximum atomic E-state index is 12.7. The number of nitrogens with two attached hydrogens (primary N) is 1. The Morgan fingerprint density at radius 3 is 2.15 bits per heavy atom. The number of hydrogen-bond donors (Lipinski definition) is 2. The van der Waals surface area contributed by atoms with E-state index in [1.54, 1.807) is 12.1 Å². The van der Waals surface area contributed by atoms with E-state index in [0.29, 0.717) is 11.3 Å². The monoisotopic (exact) mass is 386 g/mol. The smallest absolute Gasteiger partial charge is 0.259 e. The molecule has 0 aromatic heterocycles. The molecule has 3 rings (SSSR count). The number of rotatable bonds is 5. The van der Waals surface area contributed by atoms with Crippen LogP contribution in [0.25, 0.3) is 10.8 Å². The van der Waals surface area contributed by atoms with E-state index in [1.807, 2.05) is 24.3 Å². The summed E-state index contributed by atoms with van der Waals surface area (Å²) in [6.45, 7) is 0. The van der Waals surface area contributed by atoms with Crippen molar-refractivity contribution < 1.29 is 22.7 Å². The molecule has 27 heavy (non-hydrogen) atoms. The lowest BCUT2D eigenvalue weighted by Crippen LogP contribution is -2.16. The van der Waals surface area contributed by atoms with Gasteiger partial charge in [0.05, 0.1) is 19.8 Å². The molecule has 0 aliphatic rings. The quantitative estimate of drug-likeness (QED) is 0.701. The standard InChI is InChI=1S/C19H18N2O5S/c1-25-16-8-7-14(11-18(16)27(20,23)24)21-19(22)15-9-12-5-3-4-6-13(12)10-17(15)26-2/h3-11H,1-2H3,(H,21,22)(H2,20,23,24). The Morgan fingerprint density at radius 2 is 1.56 bits per heavy atom. The number of methoxy groups -OCH3 is 2. The first kappa shape index (κ1) is 18.7. The first-order valence-corrected chi connectivity index (χ1v) is 9.47. The molecule has 0 aliphatic carbocycles. The van der Waals surface area contributed by atoms with Gasteiger partial charge in [-0.1, -0.05) is 24.3 Å². The molecule has 0 fully saturated rings. The molecule has 0 unspecified atom stereocenters. The van der Waals surface area contributed by atoms with E-state index in [4.69, 9.17) is 14.6 Å². The van der Waals surface area contributed by atoms with Crippen molar-refractivity contribution in [2.45, 2.75) is 4.90 Å². The first-order chi connectivity index (χ1) is 12.8. The van der Waals surface area contributed by atoms with Gasteiger partial charge in [0.2, 0.25) is 10.0 Å². The van der Waals surface area contributed by atoms with Crippen LogP contribution in [0, 0.1) is 0 Å². The van der Waals surface area contributed by atoms with E-state index in [0.717, 1.165) is 10.8 Å². The normalized spacial score (nSPS) is 11.2. The fourth-order valence-electron chi connectivity index (χ4n) is 2.74. The summed E-state index contributed by atoms with van der Waals surface area (Å²) in [4.78, 5) is 12.5. The molecule has 0 saturated heterocycles. The van der Waals surface area contributed by atoms with Crippen molar-refractivity contribution in [1.29, 1.82) is 0 Å². The Balaban J connectivity index is 1.99. The summed E-state index contributed by atoms with van der Waals surface area (Å²) in [6.07, 6.45) is 0. The number of benzene rings is 3. The number of nitrogens with one attached hydrogen (secondary N) is 1. The van der Waals surface area contributed by atoms with Crippen molar-refractivity contribution in [2.75, 3.05) is 19.5 Å². The van der Waals surface area contributed by atoms with Gasteiger partial charge in [0.15, 0.2) is 0 Å². The minimum atomic E-state index is -4.01. The van der Waals surface area contributed by atoms with E-state index >= 15 is 0 Å². The molecule has 0 atom stereocenters. The molecule has 0 bridgehead atoms. The van der Waals surface area contributed by atoms with Gasteiger partial charge in [-0.15, -0.1) is 0 Å². The minimum absolute atomic E-state index is 0.0961. The molecular weight excluding hydrogens is 368 g/mol. The summed E-state index contributed by atoms with van der Waals surface area (Å²) in [5.74, 6) is 0.0632. The molecule has 140 valence electrons. The van der Waals surface area contributed by atoms with Crippen LogP contribution < -0.4 is 19.9 Å². The van der Waals surface area contributed by atoms with Crippen molar-refractivity contribution >= 4 is 32.4 Å². The SMILES string of the molecule is COc1cc2ccccc2cc1C(=O)Nc1ccc(OC)c(S(N)(=O)=O)c1. The van der Waals surface area contributed by atoms with Gasteiger partial charge in [0.25, 0.3) is 5.91 Å². The molecule has 0 heterocycles. The van der Waals surface area contributed by atoms with E-state index in [2.05, 4.69) is 5.32 Å². The average Bonchev–Trinajstić information content (AvgIpc) is 2.66. The van der Waals surface area contributed by atoms with Crippen LogP contribution in [0.3, 0.4) is 0 Å². The zero-order valence-corrected chi connectivity index (χ0v) is 15.5. The number of amides is 1. The largest absolute Gasteiger partial charge is 0.496 e. The van der Waals surface area contributed by atoms with Crippen LogP contribution in [0.15, 0.2) is 59.5 Å². The van der Waals surface area contributed by atoms with Gasteiger partial charge in [-0.05, 0) is 41.1 Å². The van der Waals surface area contributed by atoms with Gasteiger partial charge in [-0.2, -0.15) is 0 Å². The Labute approximate surface area is 156 Å². The number of anilines is 1. The highest BCUT2D eigenvalue weighted by atomic mass is 32.2. The summed E-state index contributed by atoms with van der Waals surface area (Å²) < 4.78 is 33.8.